The molecule has 0 aliphatic heterocycles. The van der Waals surface area contributed by atoms with E-state index in [2.05, 4.69) is 0 Å². The Morgan fingerprint density at radius 2 is 1.94 bits per heavy atom. The molecule has 1 aromatic carbocycles. The van der Waals surface area contributed by atoms with Gasteiger partial charge in [0, 0.05) is 19.1 Å². The molecule has 0 spiro atoms. The Kier molecular flexibility index (Phi) is 4.04. The lowest BCUT2D eigenvalue weighted by Crippen LogP contribution is -2.30. The van der Waals surface area contributed by atoms with Gasteiger partial charge in [-0.1, -0.05) is 11.6 Å². The third-order valence-corrected chi connectivity index (χ3v) is 2.79. The molecule has 0 bridgehead atoms. The van der Waals surface area contributed by atoms with E-state index in [0.717, 1.165) is 17.5 Å². The molecule has 17 heavy (non-hydrogen) atoms. The molecule has 0 amide bonds. The molecule has 0 saturated heterocycles. The highest BCUT2D eigenvalue weighted by molar-refractivity contribution is 6.31. The molecule has 0 N–H and O–H groups in total. The van der Waals surface area contributed by atoms with E-state index in [4.69, 9.17) is 16.3 Å². The smallest absolute Gasteiger partial charge is 0.162 e. The zero-order valence-corrected chi connectivity index (χ0v) is 11.6. The highest BCUT2D eigenvalue weighted by atomic mass is 35.5. The maximum Gasteiger partial charge on any atom is 0.162 e. The molecule has 0 atom stereocenters. The highest BCUT2D eigenvalue weighted by Crippen LogP contribution is 2.34. The van der Waals surface area contributed by atoms with Crippen LogP contribution in [0, 0.1) is 6.92 Å². The van der Waals surface area contributed by atoms with Crippen molar-refractivity contribution in [3.8, 4) is 5.75 Å². The van der Waals surface area contributed by atoms with Crippen LogP contribution in [0.1, 0.15) is 19.4 Å². The van der Waals surface area contributed by atoms with Crippen LogP contribution in [0.15, 0.2) is 12.1 Å². The van der Waals surface area contributed by atoms with Crippen molar-refractivity contribution in [3.63, 3.8) is 0 Å². The van der Waals surface area contributed by atoms with Crippen molar-refractivity contribution < 1.29 is 9.53 Å². The molecule has 4 heteroatoms. The highest BCUT2D eigenvalue weighted by Gasteiger charge is 2.21. The van der Waals surface area contributed by atoms with Gasteiger partial charge in [-0.05, 0) is 38.5 Å². The predicted molar refractivity (Wildman–Crippen MR) is 71.3 cm³/mol. The molecule has 94 valence electrons. The van der Waals surface area contributed by atoms with E-state index in [9.17, 15) is 4.79 Å². The maximum absolute atomic E-state index is 10.9. The van der Waals surface area contributed by atoms with Gasteiger partial charge < -0.3 is 9.64 Å². The summed E-state index contributed by atoms with van der Waals surface area (Å²) in [6, 6.07) is 3.69. The van der Waals surface area contributed by atoms with E-state index >= 15 is 0 Å². The zero-order valence-electron chi connectivity index (χ0n) is 10.9. The van der Waals surface area contributed by atoms with Crippen LogP contribution in [0.3, 0.4) is 0 Å². The maximum atomic E-state index is 10.9. The molecule has 3 nitrogen and oxygen atoms in total. The molecule has 0 aromatic heterocycles. The van der Waals surface area contributed by atoms with Crippen LogP contribution in [0.25, 0.3) is 0 Å². The minimum absolute atomic E-state index is 0.661. The molecule has 0 fully saturated rings. The van der Waals surface area contributed by atoms with Crippen molar-refractivity contribution in [1.29, 1.82) is 0 Å². The van der Waals surface area contributed by atoms with Gasteiger partial charge >= 0.3 is 0 Å². The van der Waals surface area contributed by atoms with Gasteiger partial charge in [0.1, 0.15) is 5.75 Å². The van der Waals surface area contributed by atoms with E-state index in [0.29, 0.717) is 10.8 Å². The van der Waals surface area contributed by atoms with E-state index < -0.39 is 5.60 Å². The molecule has 0 heterocycles. The van der Waals surface area contributed by atoms with Gasteiger partial charge in [-0.3, -0.25) is 4.79 Å². The molecule has 0 radical (unpaired) electrons. The van der Waals surface area contributed by atoms with Gasteiger partial charge in [0.15, 0.2) is 11.9 Å². The van der Waals surface area contributed by atoms with Gasteiger partial charge in [0.05, 0.1) is 5.69 Å². The first-order chi connectivity index (χ1) is 7.76. The Hall–Kier alpha value is -1.22. The van der Waals surface area contributed by atoms with Gasteiger partial charge in [-0.25, -0.2) is 0 Å². The van der Waals surface area contributed by atoms with Crippen LogP contribution >= 0.6 is 11.6 Å². The first kappa shape index (κ1) is 13.8. The molecule has 1 rings (SSSR count). The van der Waals surface area contributed by atoms with Crippen LogP contribution in [0.4, 0.5) is 5.69 Å². The van der Waals surface area contributed by atoms with Crippen LogP contribution in [-0.4, -0.2) is 26.0 Å². The summed E-state index contributed by atoms with van der Waals surface area (Å²) in [5.41, 5.74) is 0.940. The topological polar surface area (TPSA) is 29.5 Å². The number of halogens is 1. The van der Waals surface area contributed by atoms with E-state index in [-0.39, 0.29) is 0 Å². The number of ether oxygens (including phenoxy) is 1. The van der Waals surface area contributed by atoms with Crippen molar-refractivity contribution in [3.05, 3.63) is 22.7 Å². The van der Waals surface area contributed by atoms with Crippen molar-refractivity contribution in [2.24, 2.45) is 0 Å². The third kappa shape index (κ3) is 3.37. The quantitative estimate of drug-likeness (QED) is 0.775. The summed E-state index contributed by atoms with van der Waals surface area (Å²) in [4.78, 5) is 12.8. The van der Waals surface area contributed by atoms with Crippen molar-refractivity contribution in [2.75, 3.05) is 19.0 Å². The number of rotatable bonds is 4. The molecule has 0 aliphatic carbocycles. The first-order valence-corrected chi connectivity index (χ1v) is 5.77. The number of hydrogen-bond donors (Lipinski definition) is 0. The second kappa shape index (κ2) is 4.96. The second-order valence-corrected chi connectivity index (χ2v) is 5.19. The van der Waals surface area contributed by atoms with Gasteiger partial charge in [0.2, 0.25) is 0 Å². The second-order valence-electron chi connectivity index (χ2n) is 4.79. The molecule has 0 aliphatic rings. The minimum Gasteiger partial charge on any atom is -0.478 e. The lowest BCUT2D eigenvalue weighted by molar-refractivity contribution is -0.118. The molecule has 1 aromatic rings. The summed E-state index contributed by atoms with van der Waals surface area (Å²) in [7, 11) is 3.81. The standard InChI is InChI=1S/C13H18ClNO2/c1-9-6-12(17-13(2,3)8-16)11(15(4)5)7-10(9)14/h6-8H,1-5H3. The molecule has 0 unspecified atom stereocenters. The van der Waals surface area contributed by atoms with Crippen molar-refractivity contribution >= 4 is 23.6 Å². The Morgan fingerprint density at radius 1 is 1.35 bits per heavy atom. The average Bonchev–Trinajstić information content (AvgIpc) is 2.22. The first-order valence-electron chi connectivity index (χ1n) is 5.39. The average molecular weight is 256 g/mol. The number of aldehydes is 1. The Balaban J connectivity index is 3.22. The molecular formula is C13H18ClNO2. The minimum atomic E-state index is -0.842. The van der Waals surface area contributed by atoms with Crippen molar-refractivity contribution in [2.45, 2.75) is 26.4 Å². The number of benzene rings is 1. The number of nitrogens with zero attached hydrogens (tertiary/aromatic N) is 1. The fourth-order valence-corrected chi connectivity index (χ4v) is 1.54. The van der Waals surface area contributed by atoms with Gasteiger partial charge in [-0.15, -0.1) is 0 Å². The summed E-state index contributed by atoms with van der Waals surface area (Å²) < 4.78 is 5.71. The summed E-state index contributed by atoms with van der Waals surface area (Å²) >= 11 is 6.08. The number of anilines is 1. The lowest BCUT2D eigenvalue weighted by Gasteiger charge is -2.25. The van der Waals surface area contributed by atoms with E-state index in [1.807, 2.05) is 38.1 Å². The summed E-state index contributed by atoms with van der Waals surface area (Å²) in [6.45, 7) is 5.36. The SMILES string of the molecule is Cc1cc(OC(C)(C)C=O)c(N(C)C)cc1Cl. The molecular weight excluding hydrogens is 238 g/mol. The lowest BCUT2D eigenvalue weighted by atomic mass is 10.1. The monoisotopic (exact) mass is 255 g/mol. The normalized spacial score (nSPS) is 11.2. The Labute approximate surface area is 107 Å². The fraction of sp³-hybridized carbons (Fsp3) is 0.462. The van der Waals surface area contributed by atoms with Crippen molar-refractivity contribution in [1.82, 2.24) is 0 Å². The van der Waals surface area contributed by atoms with E-state index in [1.165, 1.54) is 0 Å². The van der Waals surface area contributed by atoms with Crippen LogP contribution in [0.2, 0.25) is 5.02 Å². The number of carbonyl (C=O) groups is 1. The number of carbonyl (C=O) groups excluding carboxylic acids is 1. The van der Waals surface area contributed by atoms with Gasteiger partial charge in [0.25, 0.3) is 0 Å². The Morgan fingerprint density at radius 3 is 2.41 bits per heavy atom. The summed E-state index contributed by atoms with van der Waals surface area (Å²) in [5, 5.41) is 0.685. The van der Waals surface area contributed by atoms with Crippen LogP contribution < -0.4 is 9.64 Å². The largest absolute Gasteiger partial charge is 0.478 e. The summed E-state index contributed by atoms with van der Waals surface area (Å²) in [5.74, 6) is 0.661. The van der Waals surface area contributed by atoms with Gasteiger partial charge in [-0.2, -0.15) is 0 Å². The van der Waals surface area contributed by atoms with E-state index in [1.54, 1.807) is 13.8 Å². The van der Waals surface area contributed by atoms with Crippen LogP contribution in [0.5, 0.6) is 5.75 Å². The molecule has 0 saturated carbocycles. The Bertz CT molecular complexity index is 428. The van der Waals surface area contributed by atoms with Crippen LogP contribution in [-0.2, 0) is 4.79 Å². The number of hydrogen-bond acceptors (Lipinski definition) is 3. The third-order valence-electron chi connectivity index (χ3n) is 2.38. The zero-order chi connectivity index (χ0) is 13.2. The predicted octanol–water partition coefficient (Wildman–Crippen LogP) is 3.07. The fourth-order valence-electron chi connectivity index (χ4n) is 1.38. The number of aryl methyl sites for hydroxylation is 1. The summed E-state index contributed by atoms with van der Waals surface area (Å²) in [6.07, 6.45) is 0.788.